The second kappa shape index (κ2) is 7.92. The van der Waals surface area contributed by atoms with E-state index in [9.17, 15) is 10.2 Å². The van der Waals surface area contributed by atoms with Crippen LogP contribution in [0.25, 0.3) is 10.9 Å². The third-order valence-electron chi connectivity index (χ3n) is 5.60. The Labute approximate surface area is 160 Å². The summed E-state index contributed by atoms with van der Waals surface area (Å²) in [4.78, 5) is 6.73. The number of aromatic hydroxyl groups is 1. The van der Waals surface area contributed by atoms with Crippen LogP contribution in [0.4, 0.5) is 0 Å². The fourth-order valence-corrected chi connectivity index (χ4v) is 4.33. The van der Waals surface area contributed by atoms with Gasteiger partial charge in [0.2, 0.25) is 0 Å². The number of fused-ring (bicyclic) bond motifs is 4. The van der Waals surface area contributed by atoms with Gasteiger partial charge in [-0.05, 0) is 61.1 Å². The Balaban J connectivity index is 0.00000113. The first-order chi connectivity index (χ1) is 11.2. The van der Waals surface area contributed by atoms with Crippen molar-refractivity contribution in [2.45, 2.75) is 25.0 Å². The molecule has 2 unspecified atom stereocenters. The molecule has 0 amide bonds. The fourth-order valence-electron chi connectivity index (χ4n) is 4.33. The lowest BCUT2D eigenvalue weighted by atomic mass is 9.73. The topological polar surface area (TPSA) is 56.6 Å². The van der Waals surface area contributed by atoms with Crippen LogP contribution in [0.2, 0.25) is 0 Å². The van der Waals surface area contributed by atoms with E-state index < -0.39 is 6.10 Å². The van der Waals surface area contributed by atoms with Gasteiger partial charge < -0.3 is 10.2 Å². The Morgan fingerprint density at radius 1 is 1.28 bits per heavy atom. The van der Waals surface area contributed by atoms with Crippen molar-refractivity contribution < 1.29 is 10.2 Å². The molecule has 3 aliphatic heterocycles. The number of aliphatic hydroxyl groups excluding tert-OH is 1. The van der Waals surface area contributed by atoms with E-state index in [1.54, 1.807) is 24.4 Å². The van der Waals surface area contributed by atoms with Crippen LogP contribution in [-0.4, -0.2) is 39.2 Å². The summed E-state index contributed by atoms with van der Waals surface area (Å²) in [5, 5.41) is 21.7. The summed E-state index contributed by atoms with van der Waals surface area (Å²) >= 11 is 0. The molecular weight excluding hydrogens is 359 g/mol. The molecule has 25 heavy (non-hydrogen) atoms. The number of aliphatic hydroxyl groups is 1. The average Bonchev–Trinajstić information content (AvgIpc) is 2.60. The minimum Gasteiger partial charge on any atom is -0.508 e. The van der Waals surface area contributed by atoms with Crippen LogP contribution >= 0.6 is 24.8 Å². The molecule has 6 heteroatoms. The molecule has 1 aromatic heterocycles. The van der Waals surface area contributed by atoms with E-state index >= 15 is 0 Å². The monoisotopic (exact) mass is 382 g/mol. The van der Waals surface area contributed by atoms with E-state index in [0.717, 1.165) is 36.0 Å². The number of hydrogen-bond donors (Lipinski definition) is 2. The van der Waals surface area contributed by atoms with Crippen LogP contribution in [0.3, 0.4) is 0 Å². The summed E-state index contributed by atoms with van der Waals surface area (Å²) < 4.78 is 0. The molecule has 2 aromatic rings. The van der Waals surface area contributed by atoms with Gasteiger partial charge >= 0.3 is 0 Å². The van der Waals surface area contributed by atoms with Gasteiger partial charge in [0.1, 0.15) is 5.75 Å². The van der Waals surface area contributed by atoms with E-state index in [-0.39, 0.29) is 36.6 Å². The minimum absolute atomic E-state index is 0. The number of aromatic nitrogens is 1. The van der Waals surface area contributed by atoms with Crippen molar-refractivity contribution in [1.82, 2.24) is 9.88 Å². The third kappa shape index (κ3) is 3.49. The number of benzene rings is 1. The normalized spacial score (nSPS) is 28.7. The van der Waals surface area contributed by atoms with Crippen molar-refractivity contribution in [3.8, 4) is 5.75 Å². The molecule has 3 aliphatic rings. The van der Waals surface area contributed by atoms with Gasteiger partial charge in [-0.15, -0.1) is 31.4 Å². The molecule has 2 bridgehead atoms. The van der Waals surface area contributed by atoms with Gasteiger partial charge in [0.15, 0.2) is 0 Å². The number of nitrogens with zero attached hydrogens (tertiary/aromatic N) is 2. The first kappa shape index (κ1) is 20.0. The molecule has 5 atom stereocenters. The summed E-state index contributed by atoms with van der Waals surface area (Å²) in [6.45, 7) is 5.99. The molecular formula is C19H24Cl2N2O2. The number of halogens is 2. The average molecular weight is 383 g/mol. The van der Waals surface area contributed by atoms with Crippen LogP contribution in [0, 0.1) is 11.8 Å². The highest BCUT2D eigenvalue weighted by atomic mass is 35.5. The van der Waals surface area contributed by atoms with Crippen LogP contribution in [0.15, 0.2) is 43.1 Å². The summed E-state index contributed by atoms with van der Waals surface area (Å²) in [6.07, 6.45) is 5.44. The molecule has 5 rings (SSSR count). The zero-order chi connectivity index (χ0) is 16.0. The lowest BCUT2D eigenvalue weighted by Crippen LogP contribution is -2.54. The first-order valence-corrected chi connectivity index (χ1v) is 8.29. The Morgan fingerprint density at radius 3 is 2.76 bits per heavy atom. The summed E-state index contributed by atoms with van der Waals surface area (Å²) in [6, 6.07) is 7.14. The first-order valence-electron chi connectivity index (χ1n) is 8.29. The number of piperidine rings is 3. The zero-order valence-electron chi connectivity index (χ0n) is 13.9. The predicted molar refractivity (Wildman–Crippen MR) is 105 cm³/mol. The van der Waals surface area contributed by atoms with Gasteiger partial charge in [0, 0.05) is 24.2 Å². The van der Waals surface area contributed by atoms with E-state index in [2.05, 4.69) is 22.5 Å². The molecule has 4 nitrogen and oxygen atoms in total. The lowest BCUT2D eigenvalue weighted by Gasteiger charge is -2.50. The van der Waals surface area contributed by atoms with E-state index in [1.165, 1.54) is 6.42 Å². The van der Waals surface area contributed by atoms with Crippen LogP contribution in [0.1, 0.15) is 24.5 Å². The number of phenols is 1. The third-order valence-corrected chi connectivity index (χ3v) is 5.60. The number of hydrogen-bond acceptors (Lipinski definition) is 4. The van der Waals surface area contributed by atoms with Gasteiger partial charge in [-0.3, -0.25) is 9.88 Å². The molecule has 136 valence electrons. The molecule has 0 spiro atoms. The van der Waals surface area contributed by atoms with Crippen LogP contribution < -0.4 is 0 Å². The van der Waals surface area contributed by atoms with Crippen molar-refractivity contribution >= 4 is 35.7 Å². The van der Waals surface area contributed by atoms with E-state index in [1.807, 2.05) is 6.07 Å². The molecule has 0 aliphatic carbocycles. The van der Waals surface area contributed by atoms with Gasteiger partial charge in [-0.2, -0.15) is 0 Å². The largest absolute Gasteiger partial charge is 0.508 e. The van der Waals surface area contributed by atoms with E-state index in [0.29, 0.717) is 11.8 Å². The number of rotatable bonds is 3. The smallest absolute Gasteiger partial charge is 0.116 e. The molecule has 3 saturated heterocycles. The van der Waals surface area contributed by atoms with Crippen molar-refractivity contribution in [2.75, 3.05) is 13.1 Å². The molecule has 2 N–H and O–H groups in total. The van der Waals surface area contributed by atoms with Crippen molar-refractivity contribution in [3.05, 3.63) is 48.7 Å². The van der Waals surface area contributed by atoms with Gasteiger partial charge in [0.25, 0.3) is 0 Å². The van der Waals surface area contributed by atoms with Crippen molar-refractivity contribution in [1.29, 1.82) is 0 Å². The summed E-state index contributed by atoms with van der Waals surface area (Å²) in [7, 11) is 0. The molecule has 3 fully saturated rings. The molecule has 0 radical (unpaired) electrons. The maximum atomic E-state index is 11.0. The van der Waals surface area contributed by atoms with Gasteiger partial charge in [-0.1, -0.05) is 6.08 Å². The highest BCUT2D eigenvalue weighted by Gasteiger charge is 2.42. The van der Waals surface area contributed by atoms with Crippen molar-refractivity contribution in [3.63, 3.8) is 0 Å². The van der Waals surface area contributed by atoms with Gasteiger partial charge in [0.05, 0.1) is 11.6 Å². The summed E-state index contributed by atoms with van der Waals surface area (Å²) in [5.41, 5.74) is 1.66. The van der Waals surface area contributed by atoms with E-state index in [4.69, 9.17) is 0 Å². The minimum atomic E-state index is -0.559. The molecule has 0 saturated carbocycles. The van der Waals surface area contributed by atoms with Crippen molar-refractivity contribution in [2.24, 2.45) is 11.8 Å². The fraction of sp³-hybridized carbons (Fsp3) is 0.421. The zero-order valence-corrected chi connectivity index (χ0v) is 15.5. The second-order valence-electron chi connectivity index (χ2n) is 6.79. The predicted octanol–water partition coefficient (Wildman–Crippen LogP) is 3.71. The summed E-state index contributed by atoms with van der Waals surface area (Å²) in [5.74, 6) is 1.38. The standard InChI is InChI=1S/C19H22N2O2.2ClH/c1-2-12-11-21-8-6-13(12)9-18(21)19(23)15-5-7-20-17-4-3-14(22)10-16(15)17;;/h2-5,7,10,12-13,18-19,22-23H,1,6,8-9,11H2;2*1H/t12-,13-,18+,19?;;/m0../s1. The Hall–Kier alpha value is -1.33. The maximum Gasteiger partial charge on any atom is 0.116 e. The number of pyridine rings is 1. The van der Waals surface area contributed by atoms with Crippen LogP contribution in [0.5, 0.6) is 5.75 Å². The SMILES string of the molecule is C=C[C@H]1CN2CC[C@H]1C[C@@H]2C(O)c1ccnc2ccc(O)cc12.Cl.Cl. The van der Waals surface area contributed by atoms with Crippen LogP contribution in [-0.2, 0) is 0 Å². The van der Waals surface area contributed by atoms with Gasteiger partial charge in [-0.25, -0.2) is 0 Å². The molecule has 4 heterocycles. The Bertz CT molecular complexity index is 755. The number of phenolic OH excluding ortho intramolecular Hbond substituents is 1. The quantitative estimate of drug-likeness (QED) is 0.794. The highest BCUT2D eigenvalue weighted by Crippen LogP contribution is 2.42. The Kier molecular flexibility index (Phi) is 6.33. The highest BCUT2D eigenvalue weighted by molar-refractivity contribution is 5.85. The lowest BCUT2D eigenvalue weighted by molar-refractivity contribution is -0.0444. The molecule has 1 aromatic carbocycles. The maximum absolute atomic E-state index is 11.0. The Morgan fingerprint density at radius 2 is 2.08 bits per heavy atom. The second-order valence-corrected chi connectivity index (χ2v) is 6.79.